The fourth-order valence-electron chi connectivity index (χ4n) is 2.42. The molecule has 3 heterocycles. The summed E-state index contributed by atoms with van der Waals surface area (Å²) < 4.78 is 0. The van der Waals surface area contributed by atoms with Gasteiger partial charge in [0.05, 0.1) is 0 Å². The minimum Gasteiger partial charge on any atom is -0.350 e. The summed E-state index contributed by atoms with van der Waals surface area (Å²) in [6.45, 7) is 1.01. The van der Waals surface area contributed by atoms with Crippen molar-refractivity contribution < 1.29 is 4.79 Å². The van der Waals surface area contributed by atoms with E-state index in [1.807, 2.05) is 36.4 Å². The lowest BCUT2D eigenvalue weighted by molar-refractivity contribution is -0.123. The van der Waals surface area contributed by atoms with Gasteiger partial charge in [-0.05, 0) is 47.0 Å². The van der Waals surface area contributed by atoms with Gasteiger partial charge in [-0.3, -0.25) is 25.1 Å². The summed E-state index contributed by atoms with van der Waals surface area (Å²) in [4.78, 5) is 24.8. The third-order valence-corrected chi connectivity index (χ3v) is 3.76. The molecule has 0 bridgehead atoms. The molecule has 1 unspecified atom stereocenters. The van der Waals surface area contributed by atoms with Crippen molar-refractivity contribution in [2.24, 2.45) is 0 Å². The van der Waals surface area contributed by atoms with Crippen LogP contribution in [0.3, 0.4) is 0 Å². The molecule has 3 aromatic heterocycles. The highest BCUT2D eigenvalue weighted by molar-refractivity contribution is 5.83. The molecule has 6 nitrogen and oxygen atoms in total. The Kier molecular flexibility index (Phi) is 5.79. The highest BCUT2D eigenvalue weighted by Crippen LogP contribution is 2.13. The molecule has 3 aromatic rings. The van der Waals surface area contributed by atoms with Crippen LogP contribution in [-0.4, -0.2) is 20.9 Å². The van der Waals surface area contributed by atoms with Gasteiger partial charge in [-0.2, -0.15) is 0 Å². The van der Waals surface area contributed by atoms with E-state index >= 15 is 0 Å². The number of amides is 1. The maximum atomic E-state index is 12.7. The van der Waals surface area contributed by atoms with Gasteiger partial charge in [-0.15, -0.1) is 0 Å². The standard InChI is InChI=1S/C19H19N5O/c25-19(24-13-16-5-10-21-11-6-16)18(17-2-1-7-22-14-17)23-12-15-3-8-20-9-4-15/h1-11,14,18,23H,12-13H2,(H,24,25). The first-order valence-corrected chi connectivity index (χ1v) is 8.02. The number of pyridine rings is 3. The molecule has 0 fully saturated rings. The monoisotopic (exact) mass is 333 g/mol. The average molecular weight is 333 g/mol. The van der Waals surface area contributed by atoms with E-state index in [1.54, 1.807) is 37.2 Å². The van der Waals surface area contributed by atoms with Crippen LogP contribution in [-0.2, 0) is 17.9 Å². The number of carbonyl (C=O) groups excluding carboxylic acids is 1. The van der Waals surface area contributed by atoms with Gasteiger partial charge in [0.1, 0.15) is 6.04 Å². The largest absolute Gasteiger partial charge is 0.350 e. The smallest absolute Gasteiger partial charge is 0.242 e. The molecule has 25 heavy (non-hydrogen) atoms. The molecule has 0 saturated carbocycles. The lowest BCUT2D eigenvalue weighted by atomic mass is 10.1. The van der Waals surface area contributed by atoms with Crippen molar-refractivity contribution in [3.8, 4) is 0 Å². The third-order valence-electron chi connectivity index (χ3n) is 3.76. The zero-order valence-electron chi connectivity index (χ0n) is 13.7. The van der Waals surface area contributed by atoms with Crippen LogP contribution < -0.4 is 10.6 Å². The lowest BCUT2D eigenvalue weighted by Crippen LogP contribution is -2.37. The molecule has 0 radical (unpaired) electrons. The highest BCUT2D eigenvalue weighted by Gasteiger charge is 2.20. The highest BCUT2D eigenvalue weighted by atomic mass is 16.2. The SMILES string of the molecule is O=C(NCc1ccncc1)C(NCc1ccncc1)c1cccnc1. The quantitative estimate of drug-likeness (QED) is 0.691. The molecule has 0 aliphatic carbocycles. The first-order chi connectivity index (χ1) is 12.3. The lowest BCUT2D eigenvalue weighted by Gasteiger charge is -2.18. The molecule has 6 heteroatoms. The number of nitrogens with zero attached hydrogens (tertiary/aromatic N) is 3. The number of nitrogens with one attached hydrogen (secondary N) is 2. The Morgan fingerprint density at radius 3 is 2.08 bits per heavy atom. The van der Waals surface area contributed by atoms with Crippen molar-refractivity contribution in [2.75, 3.05) is 0 Å². The van der Waals surface area contributed by atoms with Crippen molar-refractivity contribution in [3.63, 3.8) is 0 Å². The second-order valence-electron chi connectivity index (χ2n) is 5.53. The number of hydrogen-bond donors (Lipinski definition) is 2. The molecule has 1 atom stereocenters. The molecular formula is C19H19N5O. The van der Waals surface area contributed by atoms with Crippen LogP contribution >= 0.6 is 0 Å². The first kappa shape index (κ1) is 16.7. The summed E-state index contributed by atoms with van der Waals surface area (Å²) >= 11 is 0. The van der Waals surface area contributed by atoms with Crippen LogP contribution in [0.1, 0.15) is 22.7 Å². The van der Waals surface area contributed by atoms with Gasteiger partial charge in [0.2, 0.25) is 5.91 Å². The van der Waals surface area contributed by atoms with Gasteiger partial charge in [-0.1, -0.05) is 6.07 Å². The fraction of sp³-hybridized carbons (Fsp3) is 0.158. The summed E-state index contributed by atoms with van der Waals surface area (Å²) in [5.41, 5.74) is 2.89. The third kappa shape index (κ3) is 4.92. The van der Waals surface area contributed by atoms with Crippen molar-refractivity contribution in [3.05, 3.63) is 90.3 Å². The van der Waals surface area contributed by atoms with Gasteiger partial charge in [-0.25, -0.2) is 0 Å². The van der Waals surface area contributed by atoms with Gasteiger partial charge >= 0.3 is 0 Å². The molecule has 0 spiro atoms. The fourth-order valence-corrected chi connectivity index (χ4v) is 2.42. The Morgan fingerprint density at radius 1 is 0.840 bits per heavy atom. The van der Waals surface area contributed by atoms with E-state index in [4.69, 9.17) is 0 Å². The maximum Gasteiger partial charge on any atom is 0.242 e. The molecule has 2 N–H and O–H groups in total. The minimum absolute atomic E-state index is 0.0983. The molecule has 0 aliphatic rings. The molecule has 3 rings (SSSR count). The Hall–Kier alpha value is -3.12. The summed E-state index contributed by atoms with van der Waals surface area (Å²) in [6, 6.07) is 10.8. The van der Waals surface area contributed by atoms with Crippen molar-refractivity contribution in [1.82, 2.24) is 25.6 Å². The Labute approximate surface area is 146 Å². The van der Waals surface area contributed by atoms with Gasteiger partial charge < -0.3 is 5.32 Å². The minimum atomic E-state index is -0.483. The van der Waals surface area contributed by atoms with E-state index < -0.39 is 6.04 Å². The number of aromatic nitrogens is 3. The molecule has 1 amide bonds. The number of hydrogen-bond acceptors (Lipinski definition) is 5. The zero-order valence-corrected chi connectivity index (χ0v) is 13.7. The topological polar surface area (TPSA) is 79.8 Å². The van der Waals surface area contributed by atoms with E-state index in [-0.39, 0.29) is 5.91 Å². The Bertz CT molecular complexity index is 781. The normalized spacial score (nSPS) is 11.7. The van der Waals surface area contributed by atoms with Crippen molar-refractivity contribution >= 4 is 5.91 Å². The van der Waals surface area contributed by atoms with E-state index in [0.717, 1.165) is 16.7 Å². The predicted octanol–water partition coefficient (Wildman–Crippen LogP) is 2.02. The second-order valence-corrected chi connectivity index (χ2v) is 5.53. The molecular weight excluding hydrogens is 314 g/mol. The molecule has 0 aromatic carbocycles. The number of rotatable bonds is 7. The van der Waals surface area contributed by atoms with Gasteiger partial charge in [0.25, 0.3) is 0 Å². The summed E-state index contributed by atoms with van der Waals surface area (Å²) in [6.07, 6.45) is 10.3. The first-order valence-electron chi connectivity index (χ1n) is 8.02. The van der Waals surface area contributed by atoms with Gasteiger partial charge in [0.15, 0.2) is 0 Å². The van der Waals surface area contributed by atoms with Gasteiger partial charge in [0, 0.05) is 50.3 Å². The van der Waals surface area contributed by atoms with Crippen LogP contribution in [0.5, 0.6) is 0 Å². The van der Waals surface area contributed by atoms with Crippen molar-refractivity contribution in [1.29, 1.82) is 0 Å². The Morgan fingerprint density at radius 2 is 1.48 bits per heavy atom. The maximum absolute atomic E-state index is 12.7. The molecule has 126 valence electrons. The second kappa shape index (κ2) is 8.65. The zero-order chi connectivity index (χ0) is 17.3. The van der Waals surface area contributed by atoms with E-state index in [1.165, 1.54) is 0 Å². The van der Waals surface area contributed by atoms with Crippen LogP contribution in [0.15, 0.2) is 73.6 Å². The van der Waals surface area contributed by atoms with E-state index in [2.05, 4.69) is 25.6 Å². The van der Waals surface area contributed by atoms with Crippen LogP contribution in [0, 0.1) is 0 Å². The number of carbonyl (C=O) groups is 1. The van der Waals surface area contributed by atoms with Crippen LogP contribution in [0.25, 0.3) is 0 Å². The molecule has 0 saturated heterocycles. The predicted molar refractivity (Wildman–Crippen MR) is 94.1 cm³/mol. The summed E-state index contributed by atoms with van der Waals surface area (Å²) in [5, 5.41) is 6.26. The van der Waals surface area contributed by atoms with Crippen LogP contribution in [0.4, 0.5) is 0 Å². The Balaban J connectivity index is 1.68. The van der Waals surface area contributed by atoms with E-state index in [9.17, 15) is 4.79 Å². The summed E-state index contributed by atoms with van der Waals surface area (Å²) in [5.74, 6) is -0.0983. The van der Waals surface area contributed by atoms with E-state index in [0.29, 0.717) is 13.1 Å². The molecule has 0 aliphatic heterocycles. The van der Waals surface area contributed by atoms with Crippen molar-refractivity contribution in [2.45, 2.75) is 19.1 Å². The summed E-state index contributed by atoms with van der Waals surface area (Å²) in [7, 11) is 0. The van der Waals surface area contributed by atoms with Crippen LogP contribution in [0.2, 0.25) is 0 Å². The average Bonchev–Trinajstić information content (AvgIpc) is 2.69.